The van der Waals surface area contributed by atoms with Crippen LogP contribution in [0.3, 0.4) is 0 Å². The average molecular weight is 359 g/mol. The van der Waals surface area contributed by atoms with Gasteiger partial charge in [-0.2, -0.15) is 13.2 Å². The summed E-state index contributed by atoms with van der Waals surface area (Å²) in [6.07, 6.45) is -4.97. The molecular formula is C18H24F3NO3. The van der Waals surface area contributed by atoms with Crippen molar-refractivity contribution >= 4 is 6.09 Å². The van der Waals surface area contributed by atoms with Crippen LogP contribution in [-0.4, -0.2) is 41.0 Å². The summed E-state index contributed by atoms with van der Waals surface area (Å²) in [4.78, 5) is 13.5. The maximum atomic E-state index is 13.8. The van der Waals surface area contributed by atoms with Crippen molar-refractivity contribution in [2.75, 3.05) is 13.1 Å². The molecule has 25 heavy (non-hydrogen) atoms. The zero-order valence-corrected chi connectivity index (χ0v) is 14.6. The van der Waals surface area contributed by atoms with Gasteiger partial charge in [-0.1, -0.05) is 30.3 Å². The Labute approximate surface area is 145 Å². The summed E-state index contributed by atoms with van der Waals surface area (Å²) in [5.41, 5.74) is -3.95. The van der Waals surface area contributed by atoms with Gasteiger partial charge in [0.05, 0.1) is 0 Å². The number of likely N-dealkylation sites (tertiary alicyclic amines) is 1. The average Bonchev–Trinajstić information content (AvgIpc) is 2.52. The van der Waals surface area contributed by atoms with Crippen LogP contribution in [0.2, 0.25) is 0 Å². The molecule has 1 saturated heterocycles. The molecule has 1 amide bonds. The summed E-state index contributed by atoms with van der Waals surface area (Å²) in [7, 11) is 0. The van der Waals surface area contributed by atoms with Gasteiger partial charge in [-0.15, -0.1) is 0 Å². The topological polar surface area (TPSA) is 49.8 Å². The van der Waals surface area contributed by atoms with Crippen LogP contribution in [-0.2, 0) is 10.3 Å². The highest BCUT2D eigenvalue weighted by atomic mass is 19.4. The van der Waals surface area contributed by atoms with Crippen LogP contribution >= 0.6 is 0 Å². The summed E-state index contributed by atoms with van der Waals surface area (Å²) in [6.45, 7) is 5.20. The SMILES string of the molecule is CC(C)(C)OC(=O)N1CCC[C@@H]([C@@](O)(c2ccccc2)C(F)(F)F)C1. The molecule has 0 aromatic heterocycles. The minimum Gasteiger partial charge on any atom is -0.444 e. The predicted molar refractivity (Wildman–Crippen MR) is 86.9 cm³/mol. The van der Waals surface area contributed by atoms with Crippen molar-refractivity contribution in [2.45, 2.75) is 51.0 Å². The monoisotopic (exact) mass is 359 g/mol. The second kappa shape index (κ2) is 6.86. The van der Waals surface area contributed by atoms with Gasteiger partial charge < -0.3 is 14.7 Å². The largest absolute Gasteiger partial charge is 0.444 e. The molecule has 1 aromatic carbocycles. The predicted octanol–water partition coefficient (Wildman–Crippen LogP) is 4.08. The van der Waals surface area contributed by atoms with Gasteiger partial charge in [0.1, 0.15) is 5.60 Å². The normalized spacial score (nSPS) is 21.6. The summed E-state index contributed by atoms with van der Waals surface area (Å²) in [6, 6.07) is 7.04. The molecule has 0 unspecified atom stereocenters. The number of piperidine rings is 1. The number of amides is 1. The summed E-state index contributed by atoms with van der Waals surface area (Å²) in [5.74, 6) is -1.16. The first-order valence-electron chi connectivity index (χ1n) is 8.27. The number of hydrogen-bond acceptors (Lipinski definition) is 3. The second-order valence-corrected chi connectivity index (χ2v) is 7.40. The fourth-order valence-electron chi connectivity index (χ4n) is 3.13. The van der Waals surface area contributed by atoms with Crippen molar-refractivity contribution in [3.05, 3.63) is 35.9 Å². The van der Waals surface area contributed by atoms with E-state index in [2.05, 4.69) is 0 Å². The van der Waals surface area contributed by atoms with E-state index in [1.54, 1.807) is 26.8 Å². The number of rotatable bonds is 2. The van der Waals surface area contributed by atoms with Crippen LogP contribution in [0.4, 0.5) is 18.0 Å². The molecule has 0 radical (unpaired) electrons. The lowest BCUT2D eigenvalue weighted by molar-refractivity contribution is -0.290. The summed E-state index contributed by atoms with van der Waals surface area (Å²) >= 11 is 0. The molecule has 0 saturated carbocycles. The van der Waals surface area contributed by atoms with Crippen molar-refractivity contribution in [3.63, 3.8) is 0 Å². The van der Waals surface area contributed by atoms with Gasteiger partial charge in [0.15, 0.2) is 5.60 Å². The lowest BCUT2D eigenvalue weighted by Gasteiger charge is -2.43. The number of benzene rings is 1. The third kappa shape index (κ3) is 4.26. The molecule has 0 spiro atoms. The summed E-state index contributed by atoms with van der Waals surface area (Å²) in [5, 5.41) is 10.7. The second-order valence-electron chi connectivity index (χ2n) is 7.40. The smallest absolute Gasteiger partial charge is 0.421 e. The molecule has 2 rings (SSSR count). The molecule has 0 aliphatic carbocycles. The molecule has 1 aliphatic rings. The van der Waals surface area contributed by atoms with E-state index >= 15 is 0 Å². The Balaban J connectivity index is 2.28. The van der Waals surface area contributed by atoms with Crippen molar-refractivity contribution < 1.29 is 27.8 Å². The Morgan fingerprint density at radius 1 is 1.20 bits per heavy atom. The van der Waals surface area contributed by atoms with Crippen molar-refractivity contribution in [3.8, 4) is 0 Å². The van der Waals surface area contributed by atoms with Gasteiger partial charge in [0.25, 0.3) is 0 Å². The molecule has 140 valence electrons. The Bertz CT molecular complexity index is 598. The van der Waals surface area contributed by atoms with Crippen molar-refractivity contribution in [2.24, 2.45) is 5.92 Å². The van der Waals surface area contributed by atoms with Gasteiger partial charge in [0.2, 0.25) is 0 Å². The standard InChI is InChI=1S/C18H24F3NO3/c1-16(2,3)25-15(23)22-11-7-10-14(12-22)17(24,18(19,20)21)13-8-5-4-6-9-13/h4-6,8-9,14,24H,7,10-12H2,1-3H3/t14-,17+/m1/s1. The van der Waals surface area contributed by atoms with E-state index in [0.29, 0.717) is 13.0 Å². The van der Waals surface area contributed by atoms with Crippen LogP contribution in [0.25, 0.3) is 0 Å². The van der Waals surface area contributed by atoms with Gasteiger partial charge in [-0.3, -0.25) is 0 Å². The molecule has 1 heterocycles. The van der Waals surface area contributed by atoms with E-state index in [1.165, 1.54) is 29.2 Å². The van der Waals surface area contributed by atoms with Gasteiger partial charge >= 0.3 is 12.3 Å². The first-order valence-corrected chi connectivity index (χ1v) is 8.27. The molecule has 4 nitrogen and oxygen atoms in total. The maximum absolute atomic E-state index is 13.8. The first-order chi connectivity index (χ1) is 11.4. The number of nitrogens with zero attached hydrogens (tertiary/aromatic N) is 1. The molecule has 1 aromatic rings. The van der Waals surface area contributed by atoms with Crippen LogP contribution in [0.1, 0.15) is 39.2 Å². The molecule has 1 fully saturated rings. The zero-order chi connectivity index (χ0) is 18.9. The van der Waals surface area contributed by atoms with E-state index < -0.39 is 29.4 Å². The number of carbonyl (C=O) groups excluding carboxylic acids is 1. The van der Waals surface area contributed by atoms with Crippen LogP contribution in [0.15, 0.2) is 30.3 Å². The maximum Gasteiger partial charge on any atom is 0.421 e. The molecule has 7 heteroatoms. The highest BCUT2D eigenvalue weighted by molar-refractivity contribution is 5.68. The van der Waals surface area contributed by atoms with E-state index in [4.69, 9.17) is 4.74 Å². The quantitative estimate of drug-likeness (QED) is 0.865. The van der Waals surface area contributed by atoms with Crippen LogP contribution < -0.4 is 0 Å². The molecule has 1 aliphatic heterocycles. The molecule has 1 N–H and O–H groups in total. The third-order valence-corrected chi connectivity index (χ3v) is 4.31. The van der Waals surface area contributed by atoms with Crippen molar-refractivity contribution in [1.29, 1.82) is 0 Å². The first kappa shape index (κ1) is 19.6. The van der Waals surface area contributed by atoms with Crippen LogP contribution in [0.5, 0.6) is 0 Å². The fraction of sp³-hybridized carbons (Fsp3) is 0.611. The van der Waals surface area contributed by atoms with E-state index in [1.807, 2.05) is 0 Å². The van der Waals surface area contributed by atoms with E-state index in [0.717, 1.165) is 0 Å². The minimum absolute atomic E-state index is 0.171. The summed E-state index contributed by atoms with van der Waals surface area (Å²) < 4.78 is 46.6. The Kier molecular flexibility index (Phi) is 5.37. The number of hydrogen-bond donors (Lipinski definition) is 1. The number of alkyl halides is 3. The highest BCUT2D eigenvalue weighted by Crippen LogP contribution is 2.47. The number of carbonyl (C=O) groups is 1. The lowest BCUT2D eigenvalue weighted by Crippen LogP contribution is -2.55. The molecular weight excluding hydrogens is 335 g/mol. The Hall–Kier alpha value is -1.76. The number of halogens is 3. The fourth-order valence-corrected chi connectivity index (χ4v) is 3.13. The minimum atomic E-state index is -4.85. The van der Waals surface area contributed by atoms with Gasteiger partial charge in [-0.25, -0.2) is 4.79 Å². The van der Waals surface area contributed by atoms with Crippen LogP contribution in [0, 0.1) is 5.92 Å². The highest BCUT2D eigenvalue weighted by Gasteiger charge is 2.60. The molecule has 0 bridgehead atoms. The van der Waals surface area contributed by atoms with Crippen molar-refractivity contribution in [1.82, 2.24) is 4.90 Å². The third-order valence-electron chi connectivity index (χ3n) is 4.31. The molecule has 2 atom stereocenters. The van der Waals surface area contributed by atoms with E-state index in [-0.39, 0.29) is 18.5 Å². The van der Waals surface area contributed by atoms with Gasteiger partial charge in [-0.05, 0) is 39.2 Å². The number of aliphatic hydroxyl groups is 1. The van der Waals surface area contributed by atoms with Gasteiger partial charge in [0, 0.05) is 19.0 Å². The Morgan fingerprint density at radius 3 is 2.32 bits per heavy atom. The number of ether oxygens (including phenoxy) is 1. The lowest BCUT2D eigenvalue weighted by atomic mass is 9.76. The Morgan fingerprint density at radius 2 is 1.80 bits per heavy atom. The van der Waals surface area contributed by atoms with E-state index in [9.17, 15) is 23.1 Å². The zero-order valence-electron chi connectivity index (χ0n) is 14.6.